The summed E-state index contributed by atoms with van der Waals surface area (Å²) in [5, 5.41) is 4.44. The summed E-state index contributed by atoms with van der Waals surface area (Å²) in [4.78, 5) is 12.1. The van der Waals surface area contributed by atoms with Crippen LogP contribution in [0, 0.1) is 0 Å². The molecule has 1 heterocycles. The lowest BCUT2D eigenvalue weighted by atomic mass is 9.83. The summed E-state index contributed by atoms with van der Waals surface area (Å²) in [6.07, 6.45) is 5.68. The maximum Gasteiger partial charge on any atom is 0.358 e. The minimum atomic E-state index is -0.415. The summed E-state index contributed by atoms with van der Waals surface area (Å²) in [6, 6.07) is 9.64. The summed E-state index contributed by atoms with van der Waals surface area (Å²) in [5.74, 6) is 0.431. The zero-order chi connectivity index (χ0) is 15.5. The zero-order valence-corrected chi connectivity index (χ0v) is 12.8. The molecule has 0 atom stereocenters. The maximum atomic E-state index is 12.1. The molecule has 1 saturated carbocycles. The average Bonchev–Trinajstić information content (AvgIpc) is 2.93. The molecule has 1 fully saturated rings. The van der Waals surface area contributed by atoms with Crippen molar-refractivity contribution in [2.75, 3.05) is 12.8 Å². The second kappa shape index (κ2) is 6.22. The highest BCUT2D eigenvalue weighted by molar-refractivity contribution is 5.91. The van der Waals surface area contributed by atoms with Crippen molar-refractivity contribution in [1.82, 2.24) is 9.78 Å². The number of nitrogens with zero attached hydrogens (tertiary/aromatic N) is 2. The fraction of sp³-hybridized carbons (Fsp3) is 0.412. The van der Waals surface area contributed by atoms with Crippen molar-refractivity contribution in [3.63, 3.8) is 0 Å². The molecule has 0 bridgehead atoms. The van der Waals surface area contributed by atoms with E-state index in [1.54, 1.807) is 4.68 Å². The molecule has 1 aromatic heterocycles. The fourth-order valence-corrected chi connectivity index (χ4v) is 3.25. The Bertz CT molecular complexity index is 658. The van der Waals surface area contributed by atoms with Gasteiger partial charge in [0, 0.05) is 5.56 Å². The van der Waals surface area contributed by atoms with Crippen LogP contribution in [0.1, 0.15) is 54.1 Å². The van der Waals surface area contributed by atoms with Crippen LogP contribution in [0.4, 0.5) is 5.82 Å². The van der Waals surface area contributed by atoms with Crippen LogP contribution in [0.3, 0.4) is 0 Å². The van der Waals surface area contributed by atoms with Gasteiger partial charge in [0.25, 0.3) is 0 Å². The first kappa shape index (κ1) is 14.6. The van der Waals surface area contributed by atoms with Crippen LogP contribution in [-0.4, -0.2) is 22.9 Å². The van der Waals surface area contributed by atoms with E-state index in [1.807, 2.05) is 30.3 Å². The number of carbonyl (C=O) groups excluding carboxylic acids is 1. The Hall–Kier alpha value is -2.30. The first-order valence-corrected chi connectivity index (χ1v) is 7.74. The SMILES string of the molecule is COC(=O)c1nn(-c2ccccc2)c(N)c1C1CCCCC1. The number of hydrogen-bond donors (Lipinski definition) is 1. The molecule has 1 aliphatic rings. The van der Waals surface area contributed by atoms with Crippen LogP contribution in [0.15, 0.2) is 30.3 Å². The van der Waals surface area contributed by atoms with Crippen molar-refractivity contribution >= 4 is 11.8 Å². The van der Waals surface area contributed by atoms with Gasteiger partial charge in [0.1, 0.15) is 5.82 Å². The predicted octanol–water partition coefficient (Wildman–Crippen LogP) is 3.29. The predicted molar refractivity (Wildman–Crippen MR) is 85.1 cm³/mol. The molecule has 1 aliphatic carbocycles. The smallest absolute Gasteiger partial charge is 0.358 e. The molecule has 0 spiro atoms. The van der Waals surface area contributed by atoms with Gasteiger partial charge in [-0.15, -0.1) is 0 Å². The normalized spacial score (nSPS) is 15.7. The Morgan fingerprint density at radius 2 is 1.91 bits per heavy atom. The van der Waals surface area contributed by atoms with Gasteiger partial charge in [0.2, 0.25) is 0 Å². The first-order chi connectivity index (χ1) is 10.7. The molecule has 5 nitrogen and oxygen atoms in total. The molecule has 0 unspecified atom stereocenters. The van der Waals surface area contributed by atoms with Crippen molar-refractivity contribution in [3.8, 4) is 5.69 Å². The standard InChI is InChI=1S/C17H21N3O2/c1-22-17(21)15-14(12-8-4-2-5-9-12)16(18)20(19-15)13-10-6-3-7-11-13/h3,6-7,10-12H,2,4-5,8-9,18H2,1H3. The summed E-state index contributed by atoms with van der Waals surface area (Å²) < 4.78 is 6.55. The average molecular weight is 299 g/mol. The topological polar surface area (TPSA) is 70.1 Å². The number of aromatic nitrogens is 2. The number of methoxy groups -OCH3 is 1. The molecule has 0 aliphatic heterocycles. The van der Waals surface area contributed by atoms with Crippen molar-refractivity contribution < 1.29 is 9.53 Å². The van der Waals surface area contributed by atoms with E-state index in [0.717, 1.165) is 24.1 Å². The molecular formula is C17H21N3O2. The van der Waals surface area contributed by atoms with E-state index in [-0.39, 0.29) is 0 Å². The number of nitrogens with two attached hydrogens (primary N) is 1. The Morgan fingerprint density at radius 1 is 1.23 bits per heavy atom. The lowest BCUT2D eigenvalue weighted by Gasteiger charge is -2.22. The van der Waals surface area contributed by atoms with Gasteiger partial charge in [0.05, 0.1) is 12.8 Å². The molecule has 0 saturated heterocycles. The molecule has 2 N–H and O–H groups in total. The van der Waals surface area contributed by atoms with Gasteiger partial charge in [-0.3, -0.25) is 0 Å². The van der Waals surface area contributed by atoms with Crippen LogP contribution in [0.5, 0.6) is 0 Å². The number of anilines is 1. The number of nitrogen functional groups attached to an aromatic ring is 1. The lowest BCUT2D eigenvalue weighted by Crippen LogP contribution is -2.12. The molecule has 1 aromatic carbocycles. The monoisotopic (exact) mass is 299 g/mol. The van der Waals surface area contributed by atoms with Crippen molar-refractivity contribution in [1.29, 1.82) is 0 Å². The van der Waals surface area contributed by atoms with Crippen LogP contribution in [0.2, 0.25) is 0 Å². The highest BCUT2D eigenvalue weighted by Gasteiger charge is 2.29. The summed E-state index contributed by atoms with van der Waals surface area (Å²) in [5.41, 5.74) is 8.42. The molecule has 2 aromatic rings. The van der Waals surface area contributed by atoms with Crippen LogP contribution >= 0.6 is 0 Å². The summed E-state index contributed by atoms with van der Waals surface area (Å²) in [6.45, 7) is 0. The maximum absolute atomic E-state index is 12.1. The number of rotatable bonds is 3. The molecule has 22 heavy (non-hydrogen) atoms. The molecular weight excluding hydrogens is 278 g/mol. The van der Waals surface area contributed by atoms with E-state index in [2.05, 4.69) is 5.10 Å². The van der Waals surface area contributed by atoms with Crippen molar-refractivity contribution in [2.45, 2.75) is 38.0 Å². The van der Waals surface area contributed by atoms with Crippen molar-refractivity contribution in [3.05, 3.63) is 41.6 Å². The number of ether oxygens (including phenoxy) is 1. The fourth-order valence-electron chi connectivity index (χ4n) is 3.25. The third-order valence-electron chi connectivity index (χ3n) is 4.35. The highest BCUT2D eigenvalue weighted by atomic mass is 16.5. The molecule has 3 rings (SSSR count). The quantitative estimate of drug-likeness (QED) is 0.883. The van der Waals surface area contributed by atoms with E-state index in [0.29, 0.717) is 17.4 Å². The summed E-state index contributed by atoms with van der Waals surface area (Å²) in [7, 11) is 1.38. The minimum Gasteiger partial charge on any atom is -0.464 e. The van der Waals surface area contributed by atoms with Crippen LogP contribution in [0.25, 0.3) is 5.69 Å². The van der Waals surface area contributed by atoms with Gasteiger partial charge >= 0.3 is 5.97 Å². The molecule has 0 amide bonds. The minimum absolute atomic E-state index is 0.292. The Labute approximate surface area is 130 Å². The molecule has 116 valence electrons. The van der Waals surface area contributed by atoms with E-state index in [9.17, 15) is 4.79 Å². The van der Waals surface area contributed by atoms with Gasteiger partial charge in [0.15, 0.2) is 5.69 Å². The molecule has 0 radical (unpaired) electrons. The number of para-hydroxylation sites is 1. The molecule has 5 heteroatoms. The van der Waals surface area contributed by atoms with Gasteiger partial charge < -0.3 is 10.5 Å². The highest BCUT2D eigenvalue weighted by Crippen LogP contribution is 2.38. The third kappa shape index (κ3) is 2.58. The van der Waals surface area contributed by atoms with Gasteiger partial charge in [-0.2, -0.15) is 5.10 Å². The summed E-state index contributed by atoms with van der Waals surface area (Å²) >= 11 is 0. The number of esters is 1. The van der Waals surface area contributed by atoms with Crippen molar-refractivity contribution in [2.24, 2.45) is 0 Å². The Kier molecular flexibility index (Phi) is 4.13. The Morgan fingerprint density at radius 3 is 2.55 bits per heavy atom. The zero-order valence-electron chi connectivity index (χ0n) is 12.8. The van der Waals surface area contributed by atoms with E-state index in [1.165, 1.54) is 26.4 Å². The van der Waals surface area contributed by atoms with E-state index in [4.69, 9.17) is 10.5 Å². The second-order valence-corrected chi connectivity index (χ2v) is 5.72. The Balaban J connectivity index is 2.10. The van der Waals surface area contributed by atoms with E-state index >= 15 is 0 Å². The lowest BCUT2D eigenvalue weighted by molar-refractivity contribution is 0.0591. The second-order valence-electron chi connectivity index (χ2n) is 5.72. The van der Waals surface area contributed by atoms with Gasteiger partial charge in [-0.25, -0.2) is 9.48 Å². The van der Waals surface area contributed by atoms with E-state index < -0.39 is 5.97 Å². The van der Waals surface area contributed by atoms with Gasteiger partial charge in [-0.05, 0) is 30.9 Å². The number of hydrogen-bond acceptors (Lipinski definition) is 4. The first-order valence-electron chi connectivity index (χ1n) is 7.74. The van der Waals surface area contributed by atoms with Crippen LogP contribution < -0.4 is 5.73 Å². The third-order valence-corrected chi connectivity index (χ3v) is 4.35. The number of carbonyl (C=O) groups is 1. The number of benzene rings is 1. The largest absolute Gasteiger partial charge is 0.464 e. The van der Waals surface area contributed by atoms with Crippen LogP contribution in [-0.2, 0) is 4.74 Å². The van der Waals surface area contributed by atoms with Gasteiger partial charge in [-0.1, -0.05) is 37.5 Å².